The number of halogens is 5. The van der Waals surface area contributed by atoms with Crippen molar-refractivity contribution in [3.05, 3.63) is 51.6 Å². The SMILES string of the molecule is O=C(Nc1ccc(C(=O)NC2CC2)c(Cl)c1)c1cnc(OCC(F)(F)F)c(Cl)c1. The van der Waals surface area contributed by atoms with Crippen LogP contribution in [0, 0.1) is 0 Å². The molecule has 2 N–H and O–H groups in total. The monoisotopic (exact) mass is 447 g/mol. The molecule has 1 aromatic carbocycles. The van der Waals surface area contributed by atoms with E-state index in [1.165, 1.54) is 18.2 Å². The molecule has 3 rings (SSSR count). The summed E-state index contributed by atoms with van der Waals surface area (Å²) in [5, 5.41) is 5.28. The number of pyridine rings is 1. The minimum atomic E-state index is -4.54. The smallest absolute Gasteiger partial charge is 0.422 e. The molecule has 1 aliphatic rings. The molecule has 1 aromatic heterocycles. The number of hydrogen-bond acceptors (Lipinski definition) is 4. The molecule has 154 valence electrons. The van der Waals surface area contributed by atoms with Gasteiger partial charge >= 0.3 is 6.18 Å². The molecule has 2 aromatic rings. The third kappa shape index (κ3) is 5.98. The third-order valence-corrected chi connectivity index (χ3v) is 4.41. The molecule has 0 radical (unpaired) electrons. The lowest BCUT2D eigenvalue weighted by Crippen LogP contribution is -2.25. The van der Waals surface area contributed by atoms with Gasteiger partial charge in [-0.15, -0.1) is 0 Å². The molecular weight excluding hydrogens is 434 g/mol. The molecule has 6 nitrogen and oxygen atoms in total. The lowest BCUT2D eigenvalue weighted by Gasteiger charge is -2.11. The van der Waals surface area contributed by atoms with Crippen molar-refractivity contribution in [2.24, 2.45) is 0 Å². The highest BCUT2D eigenvalue weighted by Gasteiger charge is 2.29. The number of alkyl halides is 3. The van der Waals surface area contributed by atoms with Crippen molar-refractivity contribution in [1.29, 1.82) is 0 Å². The first-order valence-electron chi connectivity index (χ1n) is 8.39. The van der Waals surface area contributed by atoms with E-state index in [9.17, 15) is 22.8 Å². The zero-order valence-electron chi connectivity index (χ0n) is 14.6. The quantitative estimate of drug-likeness (QED) is 0.684. The predicted octanol–water partition coefficient (Wildman–Crippen LogP) is 4.47. The molecule has 1 heterocycles. The van der Waals surface area contributed by atoms with Crippen LogP contribution in [0.25, 0.3) is 0 Å². The van der Waals surface area contributed by atoms with E-state index in [0.29, 0.717) is 5.69 Å². The van der Waals surface area contributed by atoms with E-state index in [4.69, 9.17) is 23.2 Å². The van der Waals surface area contributed by atoms with Gasteiger partial charge in [-0.2, -0.15) is 13.2 Å². The maximum absolute atomic E-state index is 12.3. The second-order valence-electron chi connectivity index (χ2n) is 6.31. The van der Waals surface area contributed by atoms with Gasteiger partial charge in [-0.25, -0.2) is 4.98 Å². The number of carbonyl (C=O) groups is 2. The second kappa shape index (κ2) is 8.46. The summed E-state index contributed by atoms with van der Waals surface area (Å²) in [5.74, 6) is -1.34. The number of nitrogens with zero attached hydrogens (tertiary/aromatic N) is 1. The Morgan fingerprint density at radius 1 is 1.14 bits per heavy atom. The van der Waals surface area contributed by atoms with Crippen LogP contribution in [0.15, 0.2) is 30.5 Å². The lowest BCUT2D eigenvalue weighted by molar-refractivity contribution is -0.154. The van der Waals surface area contributed by atoms with E-state index in [1.54, 1.807) is 0 Å². The second-order valence-corrected chi connectivity index (χ2v) is 7.13. The van der Waals surface area contributed by atoms with Gasteiger partial charge in [0.05, 0.1) is 16.1 Å². The number of benzene rings is 1. The fraction of sp³-hybridized carbons (Fsp3) is 0.278. The first-order valence-corrected chi connectivity index (χ1v) is 9.15. The van der Waals surface area contributed by atoms with E-state index in [-0.39, 0.29) is 33.1 Å². The number of aromatic nitrogens is 1. The van der Waals surface area contributed by atoms with Gasteiger partial charge in [0.25, 0.3) is 11.8 Å². The number of hydrogen-bond donors (Lipinski definition) is 2. The molecule has 29 heavy (non-hydrogen) atoms. The van der Waals surface area contributed by atoms with Crippen molar-refractivity contribution in [2.75, 3.05) is 11.9 Å². The molecule has 1 aliphatic carbocycles. The van der Waals surface area contributed by atoms with Crippen LogP contribution in [0.4, 0.5) is 18.9 Å². The van der Waals surface area contributed by atoms with Gasteiger partial charge in [0.1, 0.15) is 5.02 Å². The number of carbonyl (C=O) groups excluding carboxylic acids is 2. The Bertz CT molecular complexity index is 950. The summed E-state index contributed by atoms with van der Waals surface area (Å²) in [4.78, 5) is 28.0. The van der Waals surface area contributed by atoms with Crippen molar-refractivity contribution < 1.29 is 27.5 Å². The summed E-state index contributed by atoms with van der Waals surface area (Å²) >= 11 is 12.0. The topological polar surface area (TPSA) is 80.3 Å². The van der Waals surface area contributed by atoms with Crippen LogP contribution in [-0.2, 0) is 0 Å². The number of nitrogens with one attached hydrogen (secondary N) is 2. The van der Waals surface area contributed by atoms with E-state index in [1.807, 2.05) is 0 Å². The summed E-state index contributed by atoms with van der Waals surface area (Å²) in [5.41, 5.74) is 0.602. The van der Waals surface area contributed by atoms with Crippen LogP contribution in [-0.4, -0.2) is 35.6 Å². The predicted molar refractivity (Wildman–Crippen MR) is 101 cm³/mol. The molecule has 0 aliphatic heterocycles. The Morgan fingerprint density at radius 3 is 2.45 bits per heavy atom. The molecule has 0 unspecified atom stereocenters. The van der Waals surface area contributed by atoms with Crippen LogP contribution in [0.5, 0.6) is 5.88 Å². The number of anilines is 1. The van der Waals surface area contributed by atoms with Crippen LogP contribution in [0.2, 0.25) is 10.0 Å². The Hall–Kier alpha value is -2.52. The van der Waals surface area contributed by atoms with Gasteiger partial charge in [0, 0.05) is 17.9 Å². The Morgan fingerprint density at radius 2 is 1.86 bits per heavy atom. The van der Waals surface area contributed by atoms with Crippen molar-refractivity contribution in [3.63, 3.8) is 0 Å². The minimum Gasteiger partial charge on any atom is -0.467 e. The summed E-state index contributed by atoms with van der Waals surface area (Å²) < 4.78 is 41.1. The van der Waals surface area contributed by atoms with E-state index in [2.05, 4.69) is 20.4 Å². The Labute approximate surface area is 173 Å². The summed E-state index contributed by atoms with van der Waals surface area (Å²) in [6, 6.07) is 5.71. The molecule has 0 spiro atoms. The molecule has 0 saturated heterocycles. The molecule has 0 atom stereocenters. The fourth-order valence-electron chi connectivity index (χ4n) is 2.28. The zero-order valence-corrected chi connectivity index (χ0v) is 16.2. The molecule has 2 amide bonds. The number of ether oxygens (including phenoxy) is 1. The van der Waals surface area contributed by atoms with Crippen molar-refractivity contribution in [1.82, 2.24) is 10.3 Å². The largest absolute Gasteiger partial charge is 0.467 e. The standard InChI is InChI=1S/C18H14Cl2F3N3O3/c19-13-6-11(3-4-12(13)16(28)25-10-1-2-10)26-15(27)9-5-14(20)17(24-7-9)29-8-18(21,22)23/h3-7,10H,1-2,8H2,(H,25,28)(H,26,27). The Kier molecular flexibility index (Phi) is 6.18. The average molecular weight is 448 g/mol. The molecule has 0 bridgehead atoms. The fourth-order valence-corrected chi connectivity index (χ4v) is 2.76. The van der Waals surface area contributed by atoms with E-state index >= 15 is 0 Å². The first-order chi connectivity index (χ1) is 13.6. The summed E-state index contributed by atoms with van der Waals surface area (Å²) in [6.45, 7) is -1.55. The van der Waals surface area contributed by atoms with Gasteiger partial charge in [-0.3, -0.25) is 9.59 Å². The van der Waals surface area contributed by atoms with Gasteiger partial charge in [0.15, 0.2) is 6.61 Å². The molecule has 1 saturated carbocycles. The van der Waals surface area contributed by atoms with Gasteiger partial charge in [-0.05, 0) is 37.1 Å². The van der Waals surface area contributed by atoms with Crippen molar-refractivity contribution in [3.8, 4) is 5.88 Å². The van der Waals surface area contributed by atoms with Crippen LogP contribution >= 0.6 is 23.2 Å². The zero-order chi connectivity index (χ0) is 21.2. The van der Waals surface area contributed by atoms with Crippen molar-refractivity contribution in [2.45, 2.75) is 25.1 Å². The normalized spacial score (nSPS) is 13.7. The minimum absolute atomic E-state index is 0.000958. The third-order valence-electron chi connectivity index (χ3n) is 3.83. The highest BCUT2D eigenvalue weighted by Crippen LogP contribution is 2.27. The van der Waals surface area contributed by atoms with E-state index in [0.717, 1.165) is 25.1 Å². The first kappa shape index (κ1) is 21.2. The number of rotatable bonds is 6. The average Bonchev–Trinajstić information content (AvgIpc) is 3.43. The van der Waals surface area contributed by atoms with Gasteiger partial charge < -0.3 is 15.4 Å². The highest BCUT2D eigenvalue weighted by molar-refractivity contribution is 6.34. The van der Waals surface area contributed by atoms with Gasteiger partial charge in [0.2, 0.25) is 5.88 Å². The van der Waals surface area contributed by atoms with Crippen LogP contribution in [0.1, 0.15) is 33.6 Å². The summed E-state index contributed by atoms with van der Waals surface area (Å²) in [7, 11) is 0. The molecular formula is C18H14Cl2F3N3O3. The number of amides is 2. The molecule has 1 fully saturated rings. The maximum Gasteiger partial charge on any atom is 0.422 e. The van der Waals surface area contributed by atoms with E-state index < -0.39 is 24.6 Å². The lowest BCUT2D eigenvalue weighted by atomic mass is 10.1. The van der Waals surface area contributed by atoms with Crippen molar-refractivity contribution >= 4 is 40.7 Å². The van der Waals surface area contributed by atoms with Gasteiger partial charge in [-0.1, -0.05) is 23.2 Å². The maximum atomic E-state index is 12.3. The summed E-state index contributed by atoms with van der Waals surface area (Å²) in [6.07, 6.45) is -1.63. The van der Waals surface area contributed by atoms with Crippen LogP contribution < -0.4 is 15.4 Å². The molecule has 11 heteroatoms. The van der Waals surface area contributed by atoms with Crippen LogP contribution in [0.3, 0.4) is 0 Å². The highest BCUT2D eigenvalue weighted by atomic mass is 35.5. The Balaban J connectivity index is 1.65.